The summed E-state index contributed by atoms with van der Waals surface area (Å²) in [5, 5.41) is 5.43. The van der Waals surface area contributed by atoms with Crippen LogP contribution in [0.5, 0.6) is 0 Å². The molecule has 1 heterocycles. The summed E-state index contributed by atoms with van der Waals surface area (Å²) in [4.78, 5) is 1.36. The third-order valence-corrected chi connectivity index (χ3v) is 3.04. The van der Waals surface area contributed by atoms with Crippen LogP contribution in [0.15, 0.2) is 11.4 Å². The molecule has 13 heavy (non-hydrogen) atoms. The topological polar surface area (TPSA) is 12.0 Å². The van der Waals surface area contributed by atoms with E-state index in [0.29, 0.717) is 0 Å². The van der Waals surface area contributed by atoms with Crippen molar-refractivity contribution in [2.75, 3.05) is 0 Å². The first-order valence-corrected chi connectivity index (χ1v) is 5.19. The molecule has 1 aromatic rings. The molecule has 0 aliphatic heterocycles. The first-order chi connectivity index (χ1) is 6.05. The summed E-state index contributed by atoms with van der Waals surface area (Å²) in [6.07, 6.45) is 5.37. The van der Waals surface area contributed by atoms with E-state index < -0.39 is 0 Å². The third kappa shape index (κ3) is 2.87. The van der Waals surface area contributed by atoms with Crippen molar-refractivity contribution in [1.29, 1.82) is 0 Å². The van der Waals surface area contributed by atoms with E-state index in [-0.39, 0.29) is 5.54 Å². The van der Waals surface area contributed by atoms with E-state index >= 15 is 0 Å². The Balaban J connectivity index is 2.54. The normalized spacial score (nSPS) is 11.2. The van der Waals surface area contributed by atoms with Crippen molar-refractivity contribution in [3.05, 3.63) is 21.9 Å². The van der Waals surface area contributed by atoms with Crippen LogP contribution in [-0.2, 0) is 6.54 Å². The van der Waals surface area contributed by atoms with E-state index in [9.17, 15) is 0 Å². The van der Waals surface area contributed by atoms with Crippen molar-refractivity contribution in [2.24, 2.45) is 0 Å². The molecular weight excluding hydrogens is 178 g/mol. The Labute approximate surface area is 84.2 Å². The quantitative estimate of drug-likeness (QED) is 0.727. The fraction of sp³-hybridized carbons (Fsp3) is 0.455. The van der Waals surface area contributed by atoms with Crippen LogP contribution in [0.1, 0.15) is 24.3 Å². The molecule has 1 N–H and O–H groups in total. The summed E-state index contributed by atoms with van der Waals surface area (Å²) in [6, 6.07) is 2.13. The molecule has 0 aromatic carbocycles. The van der Waals surface area contributed by atoms with Gasteiger partial charge in [-0.2, -0.15) is 0 Å². The second kappa shape index (κ2) is 3.95. The van der Waals surface area contributed by atoms with E-state index in [0.717, 1.165) is 6.54 Å². The maximum Gasteiger partial charge on any atom is 0.0744 e. The lowest BCUT2D eigenvalue weighted by atomic mass is 10.1. The summed E-state index contributed by atoms with van der Waals surface area (Å²) in [7, 11) is 0. The minimum absolute atomic E-state index is 0.212. The van der Waals surface area contributed by atoms with Gasteiger partial charge >= 0.3 is 0 Å². The molecule has 0 saturated heterocycles. The van der Waals surface area contributed by atoms with E-state index in [1.807, 2.05) is 13.8 Å². The SMILES string of the molecule is C#CC(C)(C)NCc1sccc1C. The molecule has 0 amide bonds. The van der Waals surface area contributed by atoms with Crippen LogP contribution >= 0.6 is 11.3 Å². The molecule has 0 aliphatic carbocycles. The lowest BCUT2D eigenvalue weighted by Crippen LogP contribution is -2.36. The van der Waals surface area contributed by atoms with Gasteiger partial charge in [0.2, 0.25) is 0 Å². The number of thiophene rings is 1. The fourth-order valence-corrected chi connectivity index (χ4v) is 1.78. The Kier molecular flexibility index (Phi) is 3.13. The van der Waals surface area contributed by atoms with Crippen molar-refractivity contribution < 1.29 is 0 Å². The Morgan fingerprint density at radius 3 is 2.77 bits per heavy atom. The molecule has 2 heteroatoms. The number of terminal acetylenes is 1. The van der Waals surface area contributed by atoms with Gasteiger partial charge < -0.3 is 0 Å². The molecule has 0 saturated carbocycles. The molecule has 0 atom stereocenters. The van der Waals surface area contributed by atoms with Crippen LogP contribution in [0, 0.1) is 19.3 Å². The molecule has 70 valence electrons. The van der Waals surface area contributed by atoms with Crippen LogP contribution in [0.4, 0.5) is 0 Å². The van der Waals surface area contributed by atoms with E-state index in [1.54, 1.807) is 11.3 Å². The average Bonchev–Trinajstić information content (AvgIpc) is 2.48. The van der Waals surface area contributed by atoms with Crippen LogP contribution in [-0.4, -0.2) is 5.54 Å². The summed E-state index contributed by atoms with van der Waals surface area (Å²) < 4.78 is 0. The Hall–Kier alpha value is -0.780. The van der Waals surface area contributed by atoms with Gasteiger partial charge in [0.25, 0.3) is 0 Å². The monoisotopic (exact) mass is 193 g/mol. The van der Waals surface area contributed by atoms with Crippen LogP contribution in [0.2, 0.25) is 0 Å². The molecule has 1 nitrogen and oxygen atoms in total. The molecule has 0 fully saturated rings. The highest BCUT2D eigenvalue weighted by molar-refractivity contribution is 7.10. The van der Waals surface area contributed by atoms with Gasteiger partial charge in [-0.25, -0.2) is 0 Å². The van der Waals surface area contributed by atoms with Crippen molar-refractivity contribution >= 4 is 11.3 Å². The summed E-state index contributed by atoms with van der Waals surface area (Å²) in [5.74, 6) is 2.72. The zero-order chi connectivity index (χ0) is 9.90. The highest BCUT2D eigenvalue weighted by Crippen LogP contribution is 2.16. The minimum atomic E-state index is -0.212. The van der Waals surface area contributed by atoms with Gasteiger partial charge in [0.05, 0.1) is 5.54 Å². The highest BCUT2D eigenvalue weighted by Gasteiger charge is 2.12. The van der Waals surface area contributed by atoms with Crippen molar-refractivity contribution in [3.8, 4) is 12.3 Å². The Bertz CT molecular complexity index is 317. The van der Waals surface area contributed by atoms with E-state index in [4.69, 9.17) is 6.42 Å². The molecule has 1 aromatic heterocycles. The molecule has 0 bridgehead atoms. The maximum absolute atomic E-state index is 5.37. The van der Waals surface area contributed by atoms with Crippen molar-refractivity contribution in [2.45, 2.75) is 32.9 Å². The van der Waals surface area contributed by atoms with Gasteiger partial charge in [-0.3, -0.25) is 5.32 Å². The summed E-state index contributed by atoms with van der Waals surface area (Å²) >= 11 is 1.77. The van der Waals surface area contributed by atoms with Gasteiger partial charge in [0.15, 0.2) is 0 Å². The molecule has 0 radical (unpaired) electrons. The molecule has 0 unspecified atom stereocenters. The summed E-state index contributed by atoms with van der Waals surface area (Å²) in [5.41, 5.74) is 1.13. The standard InChI is InChI=1S/C11H15NS/c1-5-11(3,4)12-8-10-9(2)6-7-13-10/h1,6-7,12H,8H2,2-4H3. The maximum atomic E-state index is 5.37. The first kappa shape index (κ1) is 10.3. The largest absolute Gasteiger partial charge is 0.297 e. The molecule has 0 spiro atoms. The zero-order valence-corrected chi connectivity index (χ0v) is 9.16. The van der Waals surface area contributed by atoms with Crippen LogP contribution < -0.4 is 5.32 Å². The van der Waals surface area contributed by atoms with Gasteiger partial charge in [-0.05, 0) is 37.8 Å². The number of nitrogens with one attached hydrogen (secondary N) is 1. The predicted octanol–water partition coefficient (Wildman–Crippen LogP) is 2.56. The smallest absolute Gasteiger partial charge is 0.0744 e. The van der Waals surface area contributed by atoms with Crippen LogP contribution in [0.3, 0.4) is 0 Å². The van der Waals surface area contributed by atoms with Gasteiger partial charge in [0.1, 0.15) is 0 Å². The number of hydrogen-bond donors (Lipinski definition) is 1. The Morgan fingerprint density at radius 1 is 1.62 bits per heavy atom. The second-order valence-electron chi connectivity index (χ2n) is 3.65. The fourth-order valence-electron chi connectivity index (χ4n) is 0.937. The van der Waals surface area contributed by atoms with Crippen LogP contribution in [0.25, 0.3) is 0 Å². The second-order valence-corrected chi connectivity index (χ2v) is 4.65. The molecule has 1 rings (SSSR count). The lowest BCUT2D eigenvalue weighted by molar-refractivity contribution is 0.493. The van der Waals surface area contributed by atoms with Gasteiger partial charge in [-0.1, -0.05) is 5.92 Å². The molecule has 0 aliphatic rings. The first-order valence-electron chi connectivity index (χ1n) is 4.31. The molecular formula is C11H15NS. The van der Waals surface area contributed by atoms with Gasteiger partial charge in [0, 0.05) is 11.4 Å². The highest BCUT2D eigenvalue weighted by atomic mass is 32.1. The minimum Gasteiger partial charge on any atom is -0.297 e. The van der Waals surface area contributed by atoms with E-state index in [2.05, 4.69) is 29.6 Å². The summed E-state index contributed by atoms with van der Waals surface area (Å²) in [6.45, 7) is 7.00. The average molecular weight is 193 g/mol. The van der Waals surface area contributed by atoms with Gasteiger partial charge in [-0.15, -0.1) is 17.8 Å². The zero-order valence-electron chi connectivity index (χ0n) is 8.35. The third-order valence-electron chi connectivity index (χ3n) is 2.02. The van der Waals surface area contributed by atoms with Crippen molar-refractivity contribution in [1.82, 2.24) is 5.32 Å². The number of rotatable bonds is 3. The number of hydrogen-bond acceptors (Lipinski definition) is 2. The van der Waals surface area contributed by atoms with E-state index in [1.165, 1.54) is 10.4 Å². The number of aryl methyl sites for hydroxylation is 1. The predicted molar refractivity (Wildman–Crippen MR) is 58.8 cm³/mol. The lowest BCUT2D eigenvalue weighted by Gasteiger charge is -2.19. The Morgan fingerprint density at radius 2 is 2.31 bits per heavy atom. The van der Waals surface area contributed by atoms with Crippen molar-refractivity contribution in [3.63, 3.8) is 0 Å².